The second-order valence-electron chi connectivity index (χ2n) is 9.86. The lowest BCUT2D eigenvalue weighted by Crippen LogP contribution is -2.44. The molecule has 174 valence electrons. The molecule has 0 bridgehead atoms. The van der Waals surface area contributed by atoms with Crippen molar-refractivity contribution in [3.8, 4) is 0 Å². The first-order valence-electron chi connectivity index (χ1n) is 10.5. The quantitative estimate of drug-likeness (QED) is 0.545. The lowest BCUT2D eigenvalue weighted by atomic mass is 9.91. The van der Waals surface area contributed by atoms with Crippen LogP contribution in [0.3, 0.4) is 0 Å². The second kappa shape index (κ2) is 8.18. The molecule has 0 aromatic carbocycles. The van der Waals surface area contributed by atoms with Crippen LogP contribution in [-0.2, 0) is 9.47 Å². The van der Waals surface area contributed by atoms with E-state index >= 15 is 0 Å². The number of carbonyl (C=O) groups is 2. The molecule has 9 heteroatoms. The minimum absolute atomic E-state index is 0.151. The van der Waals surface area contributed by atoms with Gasteiger partial charge in [0.05, 0.1) is 5.69 Å². The van der Waals surface area contributed by atoms with E-state index in [2.05, 4.69) is 4.98 Å². The third-order valence-electron chi connectivity index (χ3n) is 4.64. The van der Waals surface area contributed by atoms with Crippen molar-refractivity contribution in [3.63, 3.8) is 0 Å². The largest absolute Gasteiger partial charge is 0.443 e. The molecule has 1 aliphatic carbocycles. The van der Waals surface area contributed by atoms with Crippen LogP contribution in [0.5, 0.6) is 0 Å². The van der Waals surface area contributed by atoms with Gasteiger partial charge in [-0.1, -0.05) is 6.08 Å². The fraction of sp³-hybridized carbons (Fsp3) is 0.522. The van der Waals surface area contributed by atoms with Crippen molar-refractivity contribution in [1.82, 2.24) is 9.38 Å². The van der Waals surface area contributed by atoms with E-state index in [1.165, 1.54) is 6.08 Å². The molecular formula is C23H29F2N3O4. The molecule has 3 rings (SSSR count). The first-order valence-corrected chi connectivity index (χ1v) is 10.5. The summed E-state index contributed by atoms with van der Waals surface area (Å²) in [4.78, 5) is 31.1. The summed E-state index contributed by atoms with van der Waals surface area (Å²) in [5.74, 6) is -2.74. The number of rotatable bonds is 2. The van der Waals surface area contributed by atoms with Crippen LogP contribution in [0.4, 0.5) is 24.1 Å². The Morgan fingerprint density at radius 2 is 1.69 bits per heavy atom. The molecule has 2 heterocycles. The molecular weight excluding hydrogens is 420 g/mol. The van der Waals surface area contributed by atoms with Gasteiger partial charge in [0.1, 0.15) is 16.8 Å². The van der Waals surface area contributed by atoms with Gasteiger partial charge in [-0.05, 0) is 59.6 Å². The van der Waals surface area contributed by atoms with Crippen molar-refractivity contribution in [1.29, 1.82) is 0 Å². The maximum Gasteiger partial charge on any atom is 0.424 e. The Kier molecular flexibility index (Phi) is 6.06. The van der Waals surface area contributed by atoms with E-state index in [9.17, 15) is 18.4 Å². The number of imide groups is 1. The van der Waals surface area contributed by atoms with Crippen LogP contribution < -0.4 is 4.90 Å². The smallest absolute Gasteiger partial charge is 0.424 e. The Labute approximate surface area is 186 Å². The molecule has 0 saturated heterocycles. The Hall–Kier alpha value is -2.97. The molecule has 1 aliphatic rings. The van der Waals surface area contributed by atoms with Crippen LogP contribution in [0.1, 0.15) is 66.4 Å². The van der Waals surface area contributed by atoms with E-state index in [0.717, 1.165) is 4.90 Å². The molecule has 0 fully saturated rings. The SMILES string of the molecule is CC(C)(C)OC(=O)N(C(=O)OC(C)(C)C)c1cc(C2=CCC(F)(F)CC2)c2nccn2c1. The molecule has 0 spiro atoms. The molecule has 0 saturated carbocycles. The normalized spacial score (nSPS) is 16.4. The highest BCUT2D eigenvalue weighted by Crippen LogP contribution is 2.38. The third kappa shape index (κ3) is 5.63. The Bertz CT molecular complexity index is 1030. The van der Waals surface area contributed by atoms with Gasteiger partial charge in [-0.15, -0.1) is 0 Å². The van der Waals surface area contributed by atoms with Crippen molar-refractivity contribution in [2.24, 2.45) is 0 Å². The molecule has 2 amide bonds. The number of ether oxygens (including phenoxy) is 2. The monoisotopic (exact) mass is 449 g/mol. The molecule has 0 atom stereocenters. The summed E-state index contributed by atoms with van der Waals surface area (Å²) in [5.41, 5.74) is 0.279. The number of hydrogen-bond donors (Lipinski definition) is 0. The van der Waals surface area contributed by atoms with Crippen LogP contribution in [0.2, 0.25) is 0 Å². The van der Waals surface area contributed by atoms with E-state index in [1.54, 1.807) is 70.6 Å². The fourth-order valence-electron chi connectivity index (χ4n) is 3.32. The summed E-state index contributed by atoms with van der Waals surface area (Å²) in [7, 11) is 0. The van der Waals surface area contributed by atoms with Gasteiger partial charge in [0.2, 0.25) is 0 Å². The van der Waals surface area contributed by atoms with E-state index < -0.39 is 29.3 Å². The minimum atomic E-state index is -2.74. The van der Waals surface area contributed by atoms with E-state index in [0.29, 0.717) is 16.8 Å². The lowest BCUT2D eigenvalue weighted by molar-refractivity contribution is -0.00604. The highest BCUT2D eigenvalue weighted by Gasteiger charge is 2.35. The summed E-state index contributed by atoms with van der Waals surface area (Å²) >= 11 is 0. The predicted molar refractivity (Wildman–Crippen MR) is 117 cm³/mol. The van der Waals surface area contributed by atoms with Gasteiger partial charge in [0.25, 0.3) is 5.92 Å². The van der Waals surface area contributed by atoms with E-state index in [4.69, 9.17) is 9.47 Å². The van der Waals surface area contributed by atoms with E-state index in [1.807, 2.05) is 0 Å². The molecule has 0 N–H and O–H groups in total. The lowest BCUT2D eigenvalue weighted by Gasteiger charge is -2.29. The van der Waals surface area contributed by atoms with Crippen molar-refractivity contribution >= 4 is 29.1 Å². The molecule has 2 aromatic rings. The summed E-state index contributed by atoms with van der Waals surface area (Å²) in [5, 5.41) is 0. The van der Waals surface area contributed by atoms with Crippen LogP contribution in [-0.4, -0.2) is 38.7 Å². The Morgan fingerprint density at radius 3 is 2.19 bits per heavy atom. The number of fused-ring (bicyclic) bond motifs is 1. The van der Waals surface area contributed by atoms with Gasteiger partial charge in [-0.3, -0.25) is 0 Å². The number of nitrogens with zero attached hydrogens (tertiary/aromatic N) is 3. The second-order valence-corrected chi connectivity index (χ2v) is 9.86. The first kappa shape index (κ1) is 23.7. The molecule has 0 radical (unpaired) electrons. The summed E-state index contributed by atoms with van der Waals surface area (Å²) in [6, 6.07) is 1.59. The van der Waals surface area contributed by atoms with Crippen molar-refractivity contribution in [2.75, 3.05) is 4.90 Å². The molecule has 32 heavy (non-hydrogen) atoms. The summed E-state index contributed by atoms with van der Waals surface area (Å²) < 4.78 is 39.9. The zero-order valence-corrected chi connectivity index (χ0v) is 19.2. The van der Waals surface area contributed by atoms with E-state index in [-0.39, 0.29) is 24.9 Å². The Morgan fingerprint density at radius 1 is 1.09 bits per heavy atom. The van der Waals surface area contributed by atoms with Crippen LogP contribution in [0, 0.1) is 0 Å². The standard InChI is InChI=1S/C23H29F2N3O4/c1-21(2,3)31-19(29)28(20(30)32-22(4,5)6)16-13-17(18-26-11-12-27(18)14-16)15-7-9-23(24,25)10-8-15/h7,11-14H,8-10H2,1-6H3. The van der Waals surface area contributed by atoms with Crippen LogP contribution in [0.25, 0.3) is 11.2 Å². The zero-order valence-electron chi connectivity index (χ0n) is 19.2. The summed E-state index contributed by atoms with van der Waals surface area (Å²) in [6.45, 7) is 10.1. The fourth-order valence-corrected chi connectivity index (χ4v) is 3.32. The van der Waals surface area contributed by atoms with Gasteiger partial charge < -0.3 is 13.9 Å². The van der Waals surface area contributed by atoms with Gasteiger partial charge in [0, 0.05) is 37.0 Å². The van der Waals surface area contributed by atoms with Crippen molar-refractivity contribution in [3.05, 3.63) is 36.3 Å². The van der Waals surface area contributed by atoms with Gasteiger partial charge >= 0.3 is 12.2 Å². The number of pyridine rings is 1. The Balaban J connectivity index is 2.11. The number of carbonyl (C=O) groups excluding carboxylic acids is 2. The zero-order chi connectivity index (χ0) is 23.9. The number of aromatic nitrogens is 2. The van der Waals surface area contributed by atoms with Crippen LogP contribution in [0.15, 0.2) is 30.7 Å². The van der Waals surface area contributed by atoms with Crippen molar-refractivity contribution < 1.29 is 27.8 Å². The highest BCUT2D eigenvalue weighted by atomic mass is 19.3. The average molecular weight is 449 g/mol. The maximum absolute atomic E-state index is 13.7. The number of allylic oxidation sites excluding steroid dienone is 2. The topological polar surface area (TPSA) is 73.1 Å². The third-order valence-corrected chi connectivity index (χ3v) is 4.64. The summed E-state index contributed by atoms with van der Waals surface area (Å²) in [6.07, 6.45) is 3.95. The van der Waals surface area contributed by atoms with Crippen LogP contribution >= 0.6 is 0 Å². The van der Waals surface area contributed by atoms with Crippen molar-refractivity contribution in [2.45, 2.75) is 77.9 Å². The first-order chi connectivity index (χ1) is 14.7. The number of halogens is 2. The molecule has 0 unspecified atom stereocenters. The number of anilines is 1. The minimum Gasteiger partial charge on any atom is -0.443 e. The number of imidazole rings is 1. The molecule has 0 aliphatic heterocycles. The molecule has 7 nitrogen and oxygen atoms in total. The van der Waals surface area contributed by atoms with Gasteiger partial charge in [-0.25, -0.2) is 23.4 Å². The number of hydrogen-bond acceptors (Lipinski definition) is 5. The predicted octanol–water partition coefficient (Wildman–Crippen LogP) is 6.21. The molecule has 2 aromatic heterocycles. The maximum atomic E-state index is 13.7. The number of alkyl halides is 2. The van der Waals surface area contributed by atoms with Gasteiger partial charge in [-0.2, -0.15) is 4.90 Å². The number of amides is 2. The average Bonchev–Trinajstić information content (AvgIpc) is 3.06. The highest BCUT2D eigenvalue weighted by molar-refractivity contribution is 6.09. The van der Waals surface area contributed by atoms with Gasteiger partial charge in [0.15, 0.2) is 0 Å².